The third-order valence-electron chi connectivity index (χ3n) is 3.70. The van der Waals surface area contributed by atoms with Gasteiger partial charge in [0.1, 0.15) is 5.75 Å². The van der Waals surface area contributed by atoms with Crippen LogP contribution in [-0.4, -0.2) is 16.7 Å². The zero-order valence-corrected chi connectivity index (χ0v) is 12.3. The van der Waals surface area contributed by atoms with Gasteiger partial charge < -0.3 is 10.1 Å². The van der Waals surface area contributed by atoms with Crippen molar-refractivity contribution in [2.45, 2.75) is 19.5 Å². The van der Waals surface area contributed by atoms with E-state index in [-0.39, 0.29) is 6.04 Å². The predicted octanol–water partition coefficient (Wildman–Crippen LogP) is 3.19. The largest absolute Gasteiger partial charge is 0.497 e. The molecule has 0 saturated carbocycles. The van der Waals surface area contributed by atoms with E-state index in [0.29, 0.717) is 0 Å². The number of hydrogen-bond donors (Lipinski definition) is 1. The van der Waals surface area contributed by atoms with Crippen molar-refractivity contribution < 1.29 is 4.74 Å². The number of aromatic nitrogens is 2. The number of ether oxygens (including phenoxy) is 1. The Morgan fingerprint density at radius 3 is 3.00 bits per heavy atom. The average Bonchev–Trinajstić information content (AvgIpc) is 2.96. The van der Waals surface area contributed by atoms with Crippen LogP contribution in [0.5, 0.6) is 5.75 Å². The molecular formula is C17H19N3O. The molecule has 1 atom stereocenters. The minimum Gasteiger partial charge on any atom is -0.497 e. The first-order valence-corrected chi connectivity index (χ1v) is 7.06. The summed E-state index contributed by atoms with van der Waals surface area (Å²) in [5.41, 5.74) is 3.55. The Morgan fingerprint density at radius 2 is 2.14 bits per heavy atom. The molecular weight excluding hydrogens is 262 g/mol. The summed E-state index contributed by atoms with van der Waals surface area (Å²) in [6.07, 6.45) is 3.88. The van der Waals surface area contributed by atoms with Crippen molar-refractivity contribution in [1.82, 2.24) is 14.9 Å². The fourth-order valence-electron chi connectivity index (χ4n) is 2.42. The molecule has 0 aliphatic carbocycles. The molecule has 108 valence electrons. The van der Waals surface area contributed by atoms with E-state index in [2.05, 4.69) is 35.5 Å². The van der Waals surface area contributed by atoms with Crippen LogP contribution >= 0.6 is 0 Å². The van der Waals surface area contributed by atoms with Gasteiger partial charge in [0.2, 0.25) is 0 Å². The van der Waals surface area contributed by atoms with Crippen LogP contribution in [0.3, 0.4) is 0 Å². The Kier molecular flexibility index (Phi) is 3.88. The Balaban J connectivity index is 1.72. The molecule has 4 heteroatoms. The van der Waals surface area contributed by atoms with E-state index in [0.717, 1.165) is 17.8 Å². The number of pyridine rings is 1. The van der Waals surface area contributed by atoms with Crippen molar-refractivity contribution in [3.05, 3.63) is 66.0 Å². The van der Waals surface area contributed by atoms with Gasteiger partial charge in [-0.15, -0.1) is 0 Å². The van der Waals surface area contributed by atoms with E-state index in [1.54, 1.807) is 7.11 Å². The summed E-state index contributed by atoms with van der Waals surface area (Å²) in [6, 6.07) is 14.5. The highest BCUT2D eigenvalue weighted by Crippen LogP contribution is 2.19. The summed E-state index contributed by atoms with van der Waals surface area (Å²) in [6.45, 7) is 2.94. The second-order valence-electron chi connectivity index (χ2n) is 5.08. The third-order valence-corrected chi connectivity index (χ3v) is 3.70. The minimum absolute atomic E-state index is 0.249. The smallest absolute Gasteiger partial charge is 0.119 e. The lowest BCUT2D eigenvalue weighted by Gasteiger charge is -2.14. The summed E-state index contributed by atoms with van der Waals surface area (Å²) in [7, 11) is 1.69. The number of hydrogen-bond acceptors (Lipinski definition) is 3. The van der Waals surface area contributed by atoms with Gasteiger partial charge in [-0.2, -0.15) is 5.10 Å². The molecule has 0 fully saturated rings. The van der Waals surface area contributed by atoms with Crippen LogP contribution in [0, 0.1) is 0 Å². The molecule has 1 N–H and O–H groups in total. The van der Waals surface area contributed by atoms with Crippen LogP contribution in [0.4, 0.5) is 0 Å². The first-order valence-electron chi connectivity index (χ1n) is 7.06. The van der Waals surface area contributed by atoms with Crippen molar-refractivity contribution in [2.24, 2.45) is 0 Å². The number of methoxy groups -OCH3 is 1. The lowest BCUT2D eigenvalue weighted by molar-refractivity contribution is 0.413. The van der Waals surface area contributed by atoms with Gasteiger partial charge in [-0.05, 0) is 36.8 Å². The van der Waals surface area contributed by atoms with Gasteiger partial charge >= 0.3 is 0 Å². The van der Waals surface area contributed by atoms with Crippen LogP contribution in [-0.2, 0) is 6.54 Å². The summed E-state index contributed by atoms with van der Waals surface area (Å²) < 4.78 is 7.17. The van der Waals surface area contributed by atoms with Gasteiger partial charge in [0.05, 0.1) is 18.8 Å². The Bertz CT molecular complexity index is 735. The normalized spacial score (nSPS) is 12.5. The topological polar surface area (TPSA) is 38.6 Å². The van der Waals surface area contributed by atoms with Crippen molar-refractivity contribution in [3.63, 3.8) is 0 Å². The van der Waals surface area contributed by atoms with Crippen LogP contribution in [0.1, 0.15) is 24.1 Å². The van der Waals surface area contributed by atoms with Crippen molar-refractivity contribution in [3.8, 4) is 5.75 Å². The fourth-order valence-corrected chi connectivity index (χ4v) is 2.42. The summed E-state index contributed by atoms with van der Waals surface area (Å²) in [5, 5.41) is 7.89. The third kappa shape index (κ3) is 2.90. The molecule has 2 heterocycles. The fraction of sp³-hybridized carbons (Fsp3) is 0.235. The van der Waals surface area contributed by atoms with E-state index in [1.165, 1.54) is 11.1 Å². The Hall–Kier alpha value is -2.33. The second-order valence-corrected chi connectivity index (χ2v) is 5.08. The molecule has 0 saturated heterocycles. The molecule has 3 rings (SSSR count). The number of fused-ring (bicyclic) bond motifs is 1. The maximum absolute atomic E-state index is 5.27. The lowest BCUT2D eigenvalue weighted by atomic mass is 10.1. The van der Waals surface area contributed by atoms with Gasteiger partial charge in [-0.1, -0.05) is 18.2 Å². The zero-order valence-electron chi connectivity index (χ0n) is 12.3. The first-order chi connectivity index (χ1) is 10.3. The van der Waals surface area contributed by atoms with Gasteiger partial charge in [0.15, 0.2) is 0 Å². The molecule has 0 spiro atoms. The highest BCUT2D eigenvalue weighted by molar-refractivity contribution is 5.53. The first kappa shape index (κ1) is 13.6. The molecule has 1 aromatic carbocycles. The van der Waals surface area contributed by atoms with Gasteiger partial charge in [-0.3, -0.25) is 0 Å². The van der Waals surface area contributed by atoms with Crippen LogP contribution < -0.4 is 10.1 Å². The van der Waals surface area contributed by atoms with E-state index < -0.39 is 0 Å². The molecule has 4 nitrogen and oxygen atoms in total. The summed E-state index contributed by atoms with van der Waals surface area (Å²) in [4.78, 5) is 0. The predicted molar refractivity (Wildman–Crippen MR) is 83.4 cm³/mol. The quantitative estimate of drug-likeness (QED) is 0.780. The minimum atomic E-state index is 0.249. The number of nitrogens with one attached hydrogen (secondary N) is 1. The Labute approximate surface area is 124 Å². The highest BCUT2D eigenvalue weighted by Gasteiger charge is 2.08. The van der Waals surface area contributed by atoms with Crippen LogP contribution in [0.25, 0.3) is 5.52 Å². The molecule has 3 aromatic rings. The van der Waals surface area contributed by atoms with E-state index >= 15 is 0 Å². The van der Waals surface area contributed by atoms with Crippen molar-refractivity contribution >= 4 is 5.52 Å². The molecule has 0 unspecified atom stereocenters. The van der Waals surface area contributed by atoms with Crippen molar-refractivity contribution in [2.75, 3.05) is 7.11 Å². The maximum atomic E-state index is 5.27. The van der Waals surface area contributed by atoms with Crippen LogP contribution in [0.2, 0.25) is 0 Å². The molecule has 2 aromatic heterocycles. The average molecular weight is 281 g/mol. The van der Waals surface area contributed by atoms with Crippen LogP contribution in [0.15, 0.2) is 54.9 Å². The molecule has 0 bridgehead atoms. The molecule has 21 heavy (non-hydrogen) atoms. The van der Waals surface area contributed by atoms with Gasteiger partial charge in [0, 0.05) is 24.3 Å². The zero-order chi connectivity index (χ0) is 14.7. The number of nitrogens with zero attached hydrogens (tertiary/aromatic N) is 2. The molecule has 0 aliphatic heterocycles. The SMILES string of the molecule is COc1cccc([C@@H](C)NCc2cnn3ccccc23)c1. The number of benzene rings is 1. The van der Waals surface area contributed by atoms with Gasteiger partial charge in [-0.25, -0.2) is 4.52 Å². The number of rotatable bonds is 5. The second kappa shape index (κ2) is 5.97. The lowest BCUT2D eigenvalue weighted by Crippen LogP contribution is -2.18. The summed E-state index contributed by atoms with van der Waals surface area (Å²) >= 11 is 0. The van der Waals surface area contributed by atoms with Gasteiger partial charge in [0.25, 0.3) is 0 Å². The van der Waals surface area contributed by atoms with E-state index in [1.807, 2.05) is 41.2 Å². The van der Waals surface area contributed by atoms with E-state index in [4.69, 9.17) is 4.74 Å². The molecule has 0 radical (unpaired) electrons. The Morgan fingerprint density at radius 1 is 1.24 bits per heavy atom. The monoisotopic (exact) mass is 281 g/mol. The highest BCUT2D eigenvalue weighted by atomic mass is 16.5. The standard InChI is InChI=1S/C17H19N3O/c1-13(14-6-5-7-16(10-14)21-2)18-11-15-12-19-20-9-4-3-8-17(15)20/h3-10,12-13,18H,11H2,1-2H3/t13-/m1/s1. The summed E-state index contributed by atoms with van der Waals surface area (Å²) in [5.74, 6) is 0.886. The molecule has 0 amide bonds. The maximum Gasteiger partial charge on any atom is 0.119 e. The van der Waals surface area contributed by atoms with Crippen molar-refractivity contribution in [1.29, 1.82) is 0 Å². The molecule has 0 aliphatic rings. The van der Waals surface area contributed by atoms with E-state index in [9.17, 15) is 0 Å².